The first kappa shape index (κ1) is 11.4. The molecule has 4 heteroatoms. The van der Waals surface area contributed by atoms with Crippen LogP contribution in [-0.4, -0.2) is 34.6 Å². The maximum absolute atomic E-state index is 12.0. The second-order valence-corrected chi connectivity index (χ2v) is 5.05. The molecule has 1 N–H and O–H groups in total. The molecule has 1 saturated heterocycles. The normalized spacial score (nSPS) is 18.1. The first-order valence-corrected chi connectivity index (χ1v) is 5.55. The van der Waals surface area contributed by atoms with Crippen molar-refractivity contribution in [1.29, 1.82) is 0 Å². The van der Waals surface area contributed by atoms with E-state index < -0.39 is 5.60 Å². The molecule has 3 nitrogen and oxygen atoms in total. The van der Waals surface area contributed by atoms with Gasteiger partial charge in [0.2, 0.25) is 0 Å². The van der Waals surface area contributed by atoms with Gasteiger partial charge in [-0.25, -0.2) is 0 Å². The summed E-state index contributed by atoms with van der Waals surface area (Å²) in [5, 5.41) is 10.1. The van der Waals surface area contributed by atoms with Crippen LogP contribution in [0.3, 0.4) is 0 Å². The predicted molar refractivity (Wildman–Crippen MR) is 62.7 cm³/mol. The van der Waals surface area contributed by atoms with E-state index in [9.17, 15) is 9.90 Å². The van der Waals surface area contributed by atoms with Gasteiger partial charge in [-0.15, -0.1) is 0 Å². The largest absolute Gasteiger partial charge is 0.386 e. The van der Waals surface area contributed by atoms with Crippen molar-refractivity contribution >= 4 is 17.5 Å². The van der Waals surface area contributed by atoms with Crippen molar-refractivity contribution in [2.75, 3.05) is 13.1 Å². The van der Waals surface area contributed by atoms with E-state index in [1.165, 1.54) is 0 Å². The topological polar surface area (TPSA) is 40.5 Å². The van der Waals surface area contributed by atoms with Crippen molar-refractivity contribution in [2.45, 2.75) is 19.4 Å². The van der Waals surface area contributed by atoms with Gasteiger partial charge in [0.1, 0.15) is 0 Å². The number of likely N-dealkylation sites (tertiary alicyclic amines) is 1. The van der Waals surface area contributed by atoms with Crippen molar-refractivity contribution in [3.8, 4) is 0 Å². The molecule has 16 heavy (non-hydrogen) atoms. The lowest BCUT2D eigenvalue weighted by molar-refractivity contribution is -0.0669. The van der Waals surface area contributed by atoms with E-state index in [1.54, 1.807) is 24.0 Å². The number of amides is 1. The number of nitrogens with zero attached hydrogens (tertiary/aromatic N) is 1. The summed E-state index contributed by atoms with van der Waals surface area (Å²) < 4.78 is 0. The molecule has 1 aromatic rings. The van der Waals surface area contributed by atoms with E-state index in [-0.39, 0.29) is 5.91 Å². The van der Waals surface area contributed by atoms with E-state index >= 15 is 0 Å². The zero-order valence-corrected chi connectivity index (χ0v) is 10.1. The van der Waals surface area contributed by atoms with Gasteiger partial charge in [0, 0.05) is 10.6 Å². The third kappa shape index (κ3) is 2.06. The molecule has 0 saturated carbocycles. The second-order valence-electron chi connectivity index (χ2n) is 4.62. The van der Waals surface area contributed by atoms with Crippen molar-refractivity contribution < 1.29 is 9.90 Å². The minimum atomic E-state index is -0.734. The fourth-order valence-corrected chi connectivity index (χ4v) is 2.09. The van der Waals surface area contributed by atoms with Gasteiger partial charge in [-0.1, -0.05) is 17.7 Å². The van der Waals surface area contributed by atoms with Gasteiger partial charge in [-0.05, 0) is 31.5 Å². The van der Waals surface area contributed by atoms with Crippen LogP contribution in [0.15, 0.2) is 18.2 Å². The van der Waals surface area contributed by atoms with Crippen LogP contribution in [0.5, 0.6) is 0 Å². The molecule has 0 aromatic heterocycles. The molecule has 0 radical (unpaired) electrons. The fraction of sp³-hybridized carbons (Fsp3) is 0.417. The van der Waals surface area contributed by atoms with Gasteiger partial charge in [-0.3, -0.25) is 4.79 Å². The van der Waals surface area contributed by atoms with Crippen molar-refractivity contribution in [1.82, 2.24) is 4.90 Å². The van der Waals surface area contributed by atoms with Crippen LogP contribution in [-0.2, 0) is 0 Å². The zero-order valence-electron chi connectivity index (χ0n) is 9.33. The molecule has 1 aliphatic rings. The van der Waals surface area contributed by atoms with Crippen LogP contribution in [0, 0.1) is 6.92 Å². The highest BCUT2D eigenvalue weighted by molar-refractivity contribution is 6.31. The molecule has 2 rings (SSSR count). The number of aliphatic hydroxyl groups is 1. The molecule has 1 aromatic carbocycles. The third-order valence-electron chi connectivity index (χ3n) is 2.78. The quantitative estimate of drug-likeness (QED) is 0.813. The maximum atomic E-state index is 12.0. The lowest BCUT2D eigenvalue weighted by atomic mass is 9.95. The molecule has 0 unspecified atom stereocenters. The Kier molecular flexibility index (Phi) is 2.68. The summed E-state index contributed by atoms with van der Waals surface area (Å²) in [6.45, 7) is 4.37. The number of carbonyl (C=O) groups is 1. The number of β-amino-alcohol motifs (C(OH)–C–C–N with tert-alkyl or cyclic N) is 1. The number of benzene rings is 1. The monoisotopic (exact) mass is 239 g/mol. The van der Waals surface area contributed by atoms with Crippen molar-refractivity contribution in [3.05, 3.63) is 34.3 Å². The Bertz CT molecular complexity index is 435. The van der Waals surface area contributed by atoms with Gasteiger partial charge in [0.25, 0.3) is 5.91 Å². The Morgan fingerprint density at radius 2 is 2.12 bits per heavy atom. The first-order valence-electron chi connectivity index (χ1n) is 5.17. The van der Waals surface area contributed by atoms with Crippen LogP contribution in [0.2, 0.25) is 5.02 Å². The average Bonchev–Trinajstić information content (AvgIpc) is 2.17. The van der Waals surface area contributed by atoms with E-state index in [1.807, 2.05) is 13.0 Å². The number of hydrogen-bond donors (Lipinski definition) is 1. The SMILES string of the molecule is Cc1ccc(Cl)cc1C(=O)N1CC(C)(O)C1. The number of hydrogen-bond acceptors (Lipinski definition) is 2. The molecule has 1 aliphatic heterocycles. The molecule has 1 amide bonds. The molecule has 0 aliphatic carbocycles. The number of rotatable bonds is 1. The van der Waals surface area contributed by atoms with Crippen molar-refractivity contribution in [2.24, 2.45) is 0 Å². The summed E-state index contributed by atoms with van der Waals surface area (Å²) in [5.74, 6) is -0.0634. The Balaban J connectivity index is 2.19. The molecule has 1 fully saturated rings. The van der Waals surface area contributed by atoms with Crippen LogP contribution < -0.4 is 0 Å². The van der Waals surface area contributed by atoms with Gasteiger partial charge in [0.15, 0.2) is 0 Å². The molecular weight excluding hydrogens is 226 g/mol. The molecule has 0 bridgehead atoms. The van der Waals surface area contributed by atoms with Gasteiger partial charge < -0.3 is 10.0 Å². The number of aryl methyl sites for hydroxylation is 1. The molecule has 1 heterocycles. The van der Waals surface area contributed by atoms with Crippen LogP contribution in [0.1, 0.15) is 22.8 Å². The highest BCUT2D eigenvalue weighted by Crippen LogP contribution is 2.24. The predicted octanol–water partition coefficient (Wildman–Crippen LogP) is 1.86. The van der Waals surface area contributed by atoms with E-state index in [0.29, 0.717) is 23.7 Å². The summed E-state index contributed by atoms with van der Waals surface area (Å²) in [4.78, 5) is 13.7. The first-order chi connectivity index (χ1) is 7.39. The highest BCUT2D eigenvalue weighted by Gasteiger charge is 2.39. The van der Waals surface area contributed by atoms with E-state index in [2.05, 4.69) is 0 Å². The lowest BCUT2D eigenvalue weighted by Crippen LogP contribution is -2.61. The van der Waals surface area contributed by atoms with Gasteiger partial charge >= 0.3 is 0 Å². The number of carbonyl (C=O) groups excluding carboxylic acids is 1. The zero-order chi connectivity index (χ0) is 11.9. The summed E-state index contributed by atoms with van der Waals surface area (Å²) in [5.41, 5.74) is 0.784. The van der Waals surface area contributed by atoms with E-state index in [4.69, 9.17) is 11.6 Å². The summed E-state index contributed by atoms with van der Waals surface area (Å²) >= 11 is 5.86. The second kappa shape index (κ2) is 3.75. The highest BCUT2D eigenvalue weighted by atomic mass is 35.5. The average molecular weight is 240 g/mol. The maximum Gasteiger partial charge on any atom is 0.254 e. The van der Waals surface area contributed by atoms with Crippen LogP contribution >= 0.6 is 11.6 Å². The standard InChI is InChI=1S/C12H14ClNO2/c1-8-3-4-9(13)5-10(8)11(15)14-6-12(2,16)7-14/h3-5,16H,6-7H2,1-2H3. The lowest BCUT2D eigenvalue weighted by Gasteiger charge is -2.44. The fourth-order valence-electron chi connectivity index (χ4n) is 1.91. The molecular formula is C12H14ClNO2. The van der Waals surface area contributed by atoms with Gasteiger partial charge in [0.05, 0.1) is 18.7 Å². The molecule has 0 spiro atoms. The summed E-state index contributed by atoms with van der Waals surface area (Å²) in [6, 6.07) is 5.26. The minimum absolute atomic E-state index is 0.0634. The third-order valence-corrected chi connectivity index (χ3v) is 3.02. The van der Waals surface area contributed by atoms with Crippen LogP contribution in [0.4, 0.5) is 0 Å². The molecule has 86 valence electrons. The van der Waals surface area contributed by atoms with Gasteiger partial charge in [-0.2, -0.15) is 0 Å². The Hall–Kier alpha value is -1.06. The molecule has 0 atom stereocenters. The number of halogens is 1. The Labute approximate surface area is 99.6 Å². The van der Waals surface area contributed by atoms with Crippen molar-refractivity contribution in [3.63, 3.8) is 0 Å². The Morgan fingerprint density at radius 1 is 1.50 bits per heavy atom. The summed E-state index contributed by atoms with van der Waals surface area (Å²) in [7, 11) is 0. The smallest absolute Gasteiger partial charge is 0.254 e. The Morgan fingerprint density at radius 3 is 2.69 bits per heavy atom. The van der Waals surface area contributed by atoms with E-state index in [0.717, 1.165) is 5.56 Å². The minimum Gasteiger partial charge on any atom is -0.386 e. The van der Waals surface area contributed by atoms with Crippen LogP contribution in [0.25, 0.3) is 0 Å². The summed E-state index contributed by atoms with van der Waals surface area (Å²) in [6.07, 6.45) is 0.